The van der Waals surface area contributed by atoms with Crippen LogP contribution in [-0.2, 0) is 10.8 Å². The van der Waals surface area contributed by atoms with E-state index in [9.17, 15) is 0 Å². The van der Waals surface area contributed by atoms with Gasteiger partial charge >= 0.3 is 0 Å². The number of fused-ring (bicyclic) bond motifs is 2. The Morgan fingerprint density at radius 1 is 0.935 bits per heavy atom. The molecule has 0 radical (unpaired) electrons. The zero-order valence-electron chi connectivity index (χ0n) is 20.8. The maximum absolute atomic E-state index is 4.63. The van der Waals surface area contributed by atoms with Crippen LogP contribution in [-0.4, -0.2) is 4.98 Å². The molecule has 2 nitrogen and oxygen atoms in total. The fourth-order valence-corrected chi connectivity index (χ4v) is 5.03. The first kappa shape index (κ1) is 21.9. The topological polar surface area (TPSA) is 16.1 Å². The number of hydrogen-bond acceptors (Lipinski definition) is 2. The molecule has 0 saturated carbocycles. The maximum atomic E-state index is 4.63. The van der Waals surface area contributed by atoms with Gasteiger partial charge in [0.25, 0.3) is 0 Å². The summed E-state index contributed by atoms with van der Waals surface area (Å²) in [5.74, 6) is 0.427. The van der Waals surface area contributed by atoms with E-state index in [2.05, 4.69) is 108 Å². The Balaban J connectivity index is 1.97. The Bertz CT molecular complexity index is 1050. The minimum atomic E-state index is 0.0435. The standard InChI is InChI=1S/C29H38N2/c1-19-10-13-22(18-30-19)31-25-14-11-20(27(2,3)4)16-23(25)29(8,9)24-17-21(28(5,6)7)12-15-26(24)31/h10-16,18,24H,17H2,1-9H3. The van der Waals surface area contributed by atoms with Crippen molar-refractivity contribution in [1.82, 2.24) is 4.98 Å². The number of nitrogens with zero attached hydrogens (tertiary/aromatic N) is 2. The molecule has 1 unspecified atom stereocenters. The van der Waals surface area contributed by atoms with E-state index in [4.69, 9.17) is 0 Å². The predicted molar refractivity (Wildman–Crippen MR) is 133 cm³/mol. The Morgan fingerprint density at radius 3 is 2.23 bits per heavy atom. The first-order valence-electron chi connectivity index (χ1n) is 11.6. The zero-order valence-corrected chi connectivity index (χ0v) is 20.8. The van der Waals surface area contributed by atoms with Gasteiger partial charge in [0.15, 0.2) is 0 Å². The van der Waals surface area contributed by atoms with E-state index in [1.165, 1.54) is 28.1 Å². The number of aromatic nitrogens is 1. The highest BCUT2D eigenvalue weighted by atomic mass is 15.2. The van der Waals surface area contributed by atoms with Crippen molar-refractivity contribution in [1.29, 1.82) is 0 Å². The number of rotatable bonds is 1. The summed E-state index contributed by atoms with van der Waals surface area (Å²) in [7, 11) is 0. The molecular weight excluding hydrogens is 376 g/mol. The number of benzene rings is 1. The van der Waals surface area contributed by atoms with Crippen LogP contribution in [0.15, 0.2) is 60.0 Å². The molecule has 2 heteroatoms. The highest BCUT2D eigenvalue weighted by molar-refractivity contribution is 5.76. The Kier molecular flexibility index (Phi) is 5.00. The fraction of sp³-hybridized carbons (Fsp3) is 0.483. The van der Waals surface area contributed by atoms with Crippen molar-refractivity contribution in [2.24, 2.45) is 11.3 Å². The van der Waals surface area contributed by atoms with Gasteiger partial charge in [-0.15, -0.1) is 0 Å². The number of anilines is 2. The van der Waals surface area contributed by atoms with Gasteiger partial charge in [-0.05, 0) is 59.6 Å². The lowest BCUT2D eigenvalue weighted by molar-refractivity contribution is 0.320. The second-order valence-electron chi connectivity index (χ2n) is 12.0. The van der Waals surface area contributed by atoms with Crippen LogP contribution in [0.2, 0.25) is 0 Å². The lowest BCUT2D eigenvalue weighted by Gasteiger charge is -2.50. The van der Waals surface area contributed by atoms with Gasteiger partial charge in [0.2, 0.25) is 0 Å². The lowest BCUT2D eigenvalue weighted by Crippen LogP contribution is -2.43. The van der Waals surface area contributed by atoms with Crippen molar-refractivity contribution in [2.75, 3.05) is 4.90 Å². The summed E-state index contributed by atoms with van der Waals surface area (Å²) in [6, 6.07) is 11.4. The minimum Gasteiger partial charge on any atom is -0.312 e. The van der Waals surface area contributed by atoms with Crippen molar-refractivity contribution < 1.29 is 0 Å². The SMILES string of the molecule is Cc1ccc(N2C3=CC=C(C(C)(C)C)CC3C(C)(C)c3cc(C(C)(C)C)ccc32)cn1. The van der Waals surface area contributed by atoms with Crippen molar-refractivity contribution in [3.05, 3.63) is 76.8 Å². The van der Waals surface area contributed by atoms with Gasteiger partial charge in [0, 0.05) is 28.4 Å². The first-order chi connectivity index (χ1) is 14.3. The van der Waals surface area contributed by atoms with Crippen LogP contribution in [0.4, 0.5) is 11.4 Å². The molecule has 31 heavy (non-hydrogen) atoms. The van der Waals surface area contributed by atoms with Crippen molar-refractivity contribution in [3.8, 4) is 0 Å². The monoisotopic (exact) mass is 414 g/mol. The van der Waals surface area contributed by atoms with E-state index in [-0.39, 0.29) is 16.2 Å². The quantitative estimate of drug-likeness (QED) is 0.470. The average molecular weight is 415 g/mol. The summed E-state index contributed by atoms with van der Waals surface area (Å²) in [6.45, 7) is 20.8. The van der Waals surface area contributed by atoms with Crippen LogP contribution in [0.25, 0.3) is 0 Å². The maximum Gasteiger partial charge on any atom is 0.0642 e. The summed E-state index contributed by atoms with van der Waals surface area (Å²) in [4.78, 5) is 7.09. The van der Waals surface area contributed by atoms with Crippen molar-refractivity contribution in [2.45, 2.75) is 79.6 Å². The average Bonchev–Trinajstić information content (AvgIpc) is 2.67. The van der Waals surface area contributed by atoms with Crippen LogP contribution in [0.1, 0.15) is 78.6 Å². The van der Waals surface area contributed by atoms with Crippen molar-refractivity contribution >= 4 is 11.4 Å². The summed E-state index contributed by atoms with van der Waals surface area (Å²) >= 11 is 0. The second kappa shape index (κ2) is 7.08. The van der Waals surface area contributed by atoms with Gasteiger partial charge in [-0.1, -0.05) is 79.2 Å². The lowest BCUT2D eigenvalue weighted by atomic mass is 9.62. The van der Waals surface area contributed by atoms with Crippen LogP contribution >= 0.6 is 0 Å². The molecule has 1 aliphatic heterocycles. The van der Waals surface area contributed by atoms with Crippen LogP contribution in [0, 0.1) is 18.3 Å². The number of pyridine rings is 1. The molecule has 1 aliphatic carbocycles. The van der Waals surface area contributed by atoms with Gasteiger partial charge in [0.05, 0.1) is 11.9 Å². The highest BCUT2D eigenvalue weighted by Crippen LogP contribution is 2.55. The van der Waals surface area contributed by atoms with Gasteiger partial charge in [0.1, 0.15) is 0 Å². The fourth-order valence-electron chi connectivity index (χ4n) is 5.03. The van der Waals surface area contributed by atoms with Crippen LogP contribution in [0.5, 0.6) is 0 Å². The molecule has 164 valence electrons. The van der Waals surface area contributed by atoms with E-state index < -0.39 is 0 Å². The van der Waals surface area contributed by atoms with Gasteiger partial charge < -0.3 is 4.90 Å². The van der Waals surface area contributed by atoms with E-state index >= 15 is 0 Å². The third-order valence-corrected chi connectivity index (χ3v) is 7.28. The predicted octanol–water partition coefficient (Wildman–Crippen LogP) is 7.99. The number of hydrogen-bond donors (Lipinski definition) is 0. The molecule has 4 rings (SSSR count). The Labute approximate surface area is 189 Å². The van der Waals surface area contributed by atoms with Crippen LogP contribution in [0.3, 0.4) is 0 Å². The molecule has 0 bridgehead atoms. The smallest absolute Gasteiger partial charge is 0.0642 e. The molecular formula is C29H38N2. The molecule has 0 amide bonds. The van der Waals surface area contributed by atoms with E-state index in [0.29, 0.717) is 5.92 Å². The van der Waals surface area contributed by atoms with Gasteiger partial charge in [-0.25, -0.2) is 0 Å². The van der Waals surface area contributed by atoms with E-state index in [1.54, 1.807) is 0 Å². The number of allylic oxidation sites excluding steroid dienone is 4. The zero-order chi connectivity index (χ0) is 22.8. The molecule has 0 saturated heterocycles. The summed E-state index contributed by atoms with van der Waals surface area (Å²) < 4.78 is 0. The molecule has 2 aliphatic rings. The highest BCUT2D eigenvalue weighted by Gasteiger charge is 2.45. The molecule has 1 aromatic carbocycles. The third kappa shape index (κ3) is 3.75. The Morgan fingerprint density at radius 2 is 1.65 bits per heavy atom. The minimum absolute atomic E-state index is 0.0435. The molecule has 0 spiro atoms. The second-order valence-corrected chi connectivity index (χ2v) is 12.0. The Hall–Kier alpha value is -2.35. The molecule has 2 aromatic rings. The normalized spacial score (nSPS) is 20.5. The largest absolute Gasteiger partial charge is 0.312 e. The van der Waals surface area contributed by atoms with Gasteiger partial charge in [-0.3, -0.25) is 4.98 Å². The summed E-state index contributed by atoms with van der Waals surface area (Å²) in [5, 5.41) is 0. The molecule has 2 heterocycles. The van der Waals surface area contributed by atoms with E-state index in [1.807, 2.05) is 13.1 Å². The summed E-state index contributed by atoms with van der Waals surface area (Å²) in [6.07, 6.45) is 7.86. The molecule has 0 fully saturated rings. The molecule has 1 atom stereocenters. The number of aryl methyl sites for hydroxylation is 1. The van der Waals surface area contributed by atoms with Crippen molar-refractivity contribution in [3.63, 3.8) is 0 Å². The first-order valence-corrected chi connectivity index (χ1v) is 11.6. The molecule has 0 N–H and O–H groups in total. The van der Waals surface area contributed by atoms with Gasteiger partial charge in [-0.2, -0.15) is 0 Å². The van der Waals surface area contributed by atoms with E-state index in [0.717, 1.165) is 17.8 Å². The third-order valence-electron chi connectivity index (χ3n) is 7.28. The van der Waals surface area contributed by atoms with Crippen LogP contribution < -0.4 is 4.90 Å². The molecule has 1 aromatic heterocycles. The summed E-state index contributed by atoms with van der Waals surface area (Å²) in [5.41, 5.74) is 9.60.